The first-order valence-corrected chi connectivity index (χ1v) is 6.87. The lowest BCUT2D eigenvalue weighted by Gasteiger charge is -2.27. The largest absolute Gasteiger partial charge is 0.329 e. The number of nitrogens with zero attached hydrogens (tertiary/aromatic N) is 2. The van der Waals surface area contributed by atoms with Crippen molar-refractivity contribution in [3.05, 3.63) is 16.7 Å². The van der Waals surface area contributed by atoms with Crippen LogP contribution in [0.1, 0.15) is 49.2 Å². The molecule has 2 aliphatic rings. The summed E-state index contributed by atoms with van der Waals surface area (Å²) in [6.45, 7) is 3.19. The van der Waals surface area contributed by atoms with Gasteiger partial charge in [0.2, 0.25) is 0 Å². The maximum atomic E-state index is 6.25. The number of piperidine rings is 1. The maximum absolute atomic E-state index is 6.25. The van der Waals surface area contributed by atoms with Crippen molar-refractivity contribution in [3.63, 3.8) is 0 Å². The quantitative estimate of drug-likeness (QED) is 0.804. The normalized spacial score (nSPS) is 25.9. The molecular formula is C12H19ClN4. The summed E-state index contributed by atoms with van der Waals surface area (Å²) in [4.78, 5) is 4.59. The zero-order valence-corrected chi connectivity index (χ0v) is 10.7. The molecule has 17 heavy (non-hydrogen) atoms. The molecule has 1 fully saturated rings. The lowest BCUT2D eigenvalue weighted by molar-refractivity contribution is 0.400. The molecule has 1 saturated heterocycles. The summed E-state index contributed by atoms with van der Waals surface area (Å²) < 4.78 is 2.28. The van der Waals surface area contributed by atoms with Crippen LogP contribution in [0, 0.1) is 0 Å². The van der Waals surface area contributed by atoms with Crippen LogP contribution >= 0.6 is 11.6 Å². The fourth-order valence-corrected chi connectivity index (χ4v) is 3.37. The van der Waals surface area contributed by atoms with E-state index in [9.17, 15) is 0 Å². The van der Waals surface area contributed by atoms with Crippen LogP contribution in [0.25, 0.3) is 0 Å². The lowest BCUT2D eigenvalue weighted by atomic mass is 9.96. The monoisotopic (exact) mass is 254 g/mol. The Morgan fingerprint density at radius 2 is 2.06 bits per heavy atom. The number of halogens is 1. The predicted molar refractivity (Wildman–Crippen MR) is 68.2 cm³/mol. The molecule has 4 nitrogen and oxygen atoms in total. The molecule has 0 aliphatic carbocycles. The third kappa shape index (κ3) is 1.98. The summed E-state index contributed by atoms with van der Waals surface area (Å²) in [5.41, 5.74) is 7.19. The summed E-state index contributed by atoms with van der Waals surface area (Å²) in [5, 5.41) is 4.02. The van der Waals surface area contributed by atoms with Crippen molar-refractivity contribution in [2.24, 2.45) is 5.73 Å². The molecule has 3 heterocycles. The van der Waals surface area contributed by atoms with Gasteiger partial charge in [0.25, 0.3) is 0 Å². The summed E-state index contributed by atoms with van der Waals surface area (Å²) >= 11 is 6.25. The molecule has 0 amide bonds. The third-order valence-corrected chi connectivity index (χ3v) is 4.22. The molecule has 1 atom stereocenters. The fraction of sp³-hybridized carbons (Fsp3) is 0.750. The molecule has 3 rings (SSSR count). The minimum Gasteiger partial charge on any atom is -0.329 e. The summed E-state index contributed by atoms with van der Waals surface area (Å²) in [6.07, 6.45) is 4.47. The molecule has 94 valence electrons. The number of imidazole rings is 1. The second-order valence-corrected chi connectivity index (χ2v) is 5.43. The zero-order chi connectivity index (χ0) is 11.8. The van der Waals surface area contributed by atoms with E-state index in [1.807, 2.05) is 0 Å². The van der Waals surface area contributed by atoms with Gasteiger partial charge in [-0.2, -0.15) is 0 Å². The highest BCUT2D eigenvalue weighted by Gasteiger charge is 2.28. The van der Waals surface area contributed by atoms with Gasteiger partial charge in [0.05, 0.1) is 5.69 Å². The number of fused-ring (bicyclic) bond motifs is 1. The van der Waals surface area contributed by atoms with E-state index in [1.165, 1.54) is 5.82 Å². The van der Waals surface area contributed by atoms with E-state index in [0.717, 1.165) is 51.0 Å². The molecule has 1 unspecified atom stereocenters. The molecular weight excluding hydrogens is 236 g/mol. The smallest absolute Gasteiger partial charge is 0.152 e. The highest BCUT2D eigenvalue weighted by atomic mass is 35.5. The van der Waals surface area contributed by atoms with Gasteiger partial charge < -0.3 is 15.6 Å². The Labute approximate surface area is 107 Å². The molecule has 1 aromatic rings. The van der Waals surface area contributed by atoms with Crippen molar-refractivity contribution in [2.75, 3.05) is 13.1 Å². The number of hydrogen-bond acceptors (Lipinski definition) is 3. The molecule has 1 aromatic heterocycles. The van der Waals surface area contributed by atoms with E-state index in [-0.39, 0.29) is 6.04 Å². The van der Waals surface area contributed by atoms with E-state index in [1.54, 1.807) is 0 Å². The number of hydrogen-bond donors (Lipinski definition) is 2. The van der Waals surface area contributed by atoms with Crippen LogP contribution < -0.4 is 11.1 Å². The fourth-order valence-electron chi connectivity index (χ4n) is 3.04. The minimum atomic E-state index is 0.0687. The molecule has 5 heteroatoms. The lowest BCUT2D eigenvalue weighted by Crippen LogP contribution is -2.29. The van der Waals surface area contributed by atoms with Crippen LogP contribution in [0.3, 0.4) is 0 Å². The van der Waals surface area contributed by atoms with Crippen LogP contribution in [0.2, 0.25) is 5.15 Å². The third-order valence-electron chi connectivity index (χ3n) is 3.94. The summed E-state index contributed by atoms with van der Waals surface area (Å²) in [6, 6.07) is 0.0687. The molecule has 0 saturated carbocycles. The topological polar surface area (TPSA) is 55.9 Å². The van der Waals surface area contributed by atoms with Gasteiger partial charge >= 0.3 is 0 Å². The van der Waals surface area contributed by atoms with Gasteiger partial charge in [-0.3, -0.25) is 0 Å². The number of aromatic nitrogens is 2. The Hall–Kier alpha value is -0.580. The highest BCUT2D eigenvalue weighted by molar-refractivity contribution is 6.30. The number of rotatable bonds is 1. The summed E-state index contributed by atoms with van der Waals surface area (Å²) in [7, 11) is 0. The average Bonchev–Trinajstić information content (AvgIpc) is 2.69. The van der Waals surface area contributed by atoms with E-state index in [0.29, 0.717) is 11.1 Å². The standard InChI is InChI=1S/C12H19ClN4/c13-11-10-9(14)2-1-7-17(10)12(16-11)8-3-5-15-6-4-8/h8-9,15H,1-7,14H2. The SMILES string of the molecule is NC1CCCn2c(C3CCNCC3)nc(Cl)c21. The van der Waals surface area contributed by atoms with Crippen molar-refractivity contribution in [1.29, 1.82) is 0 Å². The molecule has 0 aromatic carbocycles. The van der Waals surface area contributed by atoms with Gasteiger partial charge in [-0.05, 0) is 38.8 Å². The van der Waals surface area contributed by atoms with Crippen molar-refractivity contribution in [1.82, 2.24) is 14.9 Å². The van der Waals surface area contributed by atoms with Gasteiger partial charge in [-0.1, -0.05) is 11.6 Å². The first-order chi connectivity index (χ1) is 8.27. The first kappa shape index (κ1) is 11.5. The van der Waals surface area contributed by atoms with E-state index in [4.69, 9.17) is 17.3 Å². The first-order valence-electron chi connectivity index (χ1n) is 6.49. The molecule has 0 spiro atoms. The molecule has 2 aliphatic heterocycles. The van der Waals surface area contributed by atoms with Gasteiger partial charge in [0.15, 0.2) is 5.15 Å². The number of nitrogens with one attached hydrogen (secondary N) is 1. The summed E-state index contributed by atoms with van der Waals surface area (Å²) in [5.74, 6) is 1.72. The predicted octanol–water partition coefficient (Wildman–Crippen LogP) is 1.80. The van der Waals surface area contributed by atoms with Crippen LogP contribution in [-0.2, 0) is 6.54 Å². The number of nitrogens with two attached hydrogens (primary N) is 1. The van der Waals surface area contributed by atoms with Crippen molar-refractivity contribution >= 4 is 11.6 Å². The second kappa shape index (κ2) is 4.59. The van der Waals surface area contributed by atoms with Crippen LogP contribution in [-0.4, -0.2) is 22.6 Å². The Balaban J connectivity index is 1.97. The van der Waals surface area contributed by atoms with Crippen molar-refractivity contribution < 1.29 is 0 Å². The second-order valence-electron chi connectivity index (χ2n) is 5.07. The Morgan fingerprint density at radius 1 is 1.29 bits per heavy atom. The van der Waals surface area contributed by atoms with Gasteiger partial charge in [-0.15, -0.1) is 0 Å². The van der Waals surface area contributed by atoms with E-state index < -0.39 is 0 Å². The minimum absolute atomic E-state index is 0.0687. The van der Waals surface area contributed by atoms with Gasteiger partial charge in [-0.25, -0.2) is 4.98 Å². The average molecular weight is 255 g/mol. The molecule has 3 N–H and O–H groups in total. The van der Waals surface area contributed by atoms with Crippen LogP contribution in [0.15, 0.2) is 0 Å². The van der Waals surface area contributed by atoms with Gasteiger partial charge in [0.1, 0.15) is 5.82 Å². The van der Waals surface area contributed by atoms with Crippen LogP contribution in [0.4, 0.5) is 0 Å². The van der Waals surface area contributed by atoms with E-state index in [2.05, 4.69) is 14.9 Å². The van der Waals surface area contributed by atoms with Crippen LogP contribution in [0.5, 0.6) is 0 Å². The van der Waals surface area contributed by atoms with Gasteiger partial charge in [0, 0.05) is 18.5 Å². The Kier molecular flexibility index (Phi) is 3.11. The maximum Gasteiger partial charge on any atom is 0.152 e. The molecule has 0 bridgehead atoms. The van der Waals surface area contributed by atoms with Crippen molar-refractivity contribution in [2.45, 2.75) is 44.2 Å². The van der Waals surface area contributed by atoms with Crippen molar-refractivity contribution in [3.8, 4) is 0 Å². The highest BCUT2D eigenvalue weighted by Crippen LogP contribution is 2.35. The zero-order valence-electron chi connectivity index (χ0n) is 9.95. The Bertz CT molecular complexity index is 409. The Morgan fingerprint density at radius 3 is 2.82 bits per heavy atom. The molecule has 0 radical (unpaired) electrons. The van der Waals surface area contributed by atoms with E-state index >= 15 is 0 Å².